The summed E-state index contributed by atoms with van der Waals surface area (Å²) in [6, 6.07) is 5.86. The molecule has 1 aliphatic heterocycles. The summed E-state index contributed by atoms with van der Waals surface area (Å²) in [7, 11) is 0. The Morgan fingerprint density at radius 1 is 0.784 bits per heavy atom. The lowest BCUT2D eigenvalue weighted by Gasteiger charge is -2.19. The quantitative estimate of drug-likeness (QED) is 0.157. The molecular formula is C23H16Cl5N5O2S2. The van der Waals surface area contributed by atoms with Gasteiger partial charge in [-0.05, 0) is 54.7 Å². The number of aromatic nitrogens is 4. The lowest BCUT2D eigenvalue weighted by Crippen LogP contribution is -2.15. The molecule has 0 unspecified atom stereocenters. The summed E-state index contributed by atoms with van der Waals surface area (Å²) in [6.07, 6.45) is 0. The number of ether oxygens (including phenoxy) is 2. The van der Waals surface area contributed by atoms with E-state index in [9.17, 15) is 0 Å². The van der Waals surface area contributed by atoms with E-state index in [1.54, 1.807) is 0 Å². The van der Waals surface area contributed by atoms with Crippen LogP contribution in [0.15, 0.2) is 18.2 Å². The fourth-order valence-electron chi connectivity index (χ4n) is 3.58. The molecule has 4 aromatic heterocycles. The second-order valence-corrected chi connectivity index (χ2v) is 12.0. The van der Waals surface area contributed by atoms with Gasteiger partial charge in [0.1, 0.15) is 33.8 Å². The zero-order valence-corrected chi connectivity index (χ0v) is 24.6. The number of nitrogens with one attached hydrogen (secondary N) is 1. The summed E-state index contributed by atoms with van der Waals surface area (Å²) in [5.41, 5.74) is 1.05. The largest absolute Gasteiger partial charge is 0.486 e. The highest BCUT2D eigenvalue weighted by Gasteiger charge is 2.17. The number of hydrogen-bond donors (Lipinski definition) is 1. The average molecular weight is 636 g/mol. The molecule has 0 radical (unpaired) electrons. The van der Waals surface area contributed by atoms with Crippen molar-refractivity contribution in [3.05, 3.63) is 59.3 Å². The molecule has 6 rings (SSSR count). The highest BCUT2D eigenvalue weighted by Crippen LogP contribution is 2.39. The molecule has 0 bridgehead atoms. The molecule has 37 heavy (non-hydrogen) atoms. The van der Waals surface area contributed by atoms with Crippen molar-refractivity contribution in [2.45, 2.75) is 20.4 Å². The Kier molecular flexibility index (Phi) is 8.02. The molecule has 192 valence electrons. The van der Waals surface area contributed by atoms with Gasteiger partial charge < -0.3 is 14.8 Å². The lowest BCUT2D eigenvalue weighted by molar-refractivity contribution is 0.171. The summed E-state index contributed by atoms with van der Waals surface area (Å²) in [5, 5.41) is 6.73. The van der Waals surface area contributed by atoms with Gasteiger partial charge in [0, 0.05) is 16.3 Å². The number of benzene rings is 1. The third-order valence-corrected chi connectivity index (χ3v) is 9.05. The Hall–Kier alpha value is -1.85. The van der Waals surface area contributed by atoms with Gasteiger partial charge in [0.25, 0.3) is 0 Å². The van der Waals surface area contributed by atoms with E-state index in [1.807, 2.05) is 32.0 Å². The van der Waals surface area contributed by atoms with Crippen LogP contribution in [-0.2, 0) is 6.54 Å². The Morgan fingerprint density at radius 2 is 1.38 bits per heavy atom. The second kappa shape index (κ2) is 11.1. The summed E-state index contributed by atoms with van der Waals surface area (Å²) in [4.78, 5) is 19.8. The molecule has 0 saturated heterocycles. The molecule has 0 spiro atoms. The third kappa shape index (κ3) is 5.63. The zero-order valence-electron chi connectivity index (χ0n) is 19.2. The van der Waals surface area contributed by atoms with Crippen LogP contribution in [0.4, 0.5) is 5.82 Å². The fraction of sp³-hybridized carbons (Fsp3) is 0.217. The van der Waals surface area contributed by atoms with Gasteiger partial charge >= 0.3 is 0 Å². The molecule has 14 heteroatoms. The minimum atomic E-state index is 0.149. The molecule has 5 heterocycles. The number of rotatable bonds is 3. The Bertz CT molecular complexity index is 1640. The molecule has 5 aromatic rings. The zero-order chi connectivity index (χ0) is 26.3. The van der Waals surface area contributed by atoms with Crippen LogP contribution in [0.3, 0.4) is 0 Å². The van der Waals surface area contributed by atoms with E-state index >= 15 is 0 Å². The summed E-state index contributed by atoms with van der Waals surface area (Å²) >= 11 is 32.9. The molecule has 1 N–H and O–H groups in total. The third-order valence-electron chi connectivity index (χ3n) is 5.28. The summed E-state index contributed by atoms with van der Waals surface area (Å²) in [5.74, 6) is 2.17. The normalized spacial score (nSPS) is 12.5. The van der Waals surface area contributed by atoms with Crippen molar-refractivity contribution >= 4 is 107 Å². The first-order valence-corrected chi connectivity index (χ1v) is 14.3. The van der Waals surface area contributed by atoms with Crippen LogP contribution in [0.1, 0.15) is 15.3 Å². The van der Waals surface area contributed by atoms with Crippen LogP contribution in [0.2, 0.25) is 25.8 Å². The van der Waals surface area contributed by atoms with Gasteiger partial charge in [-0.2, -0.15) is 0 Å². The van der Waals surface area contributed by atoms with Gasteiger partial charge in [0.2, 0.25) is 10.6 Å². The maximum absolute atomic E-state index is 6.39. The predicted octanol–water partition coefficient (Wildman–Crippen LogP) is 8.65. The van der Waals surface area contributed by atoms with Crippen LogP contribution < -0.4 is 14.8 Å². The molecule has 1 aliphatic rings. The van der Waals surface area contributed by atoms with Gasteiger partial charge in [0.05, 0.1) is 20.8 Å². The molecule has 0 fully saturated rings. The number of aryl methyl sites for hydroxylation is 2. The van der Waals surface area contributed by atoms with E-state index in [-0.39, 0.29) is 10.6 Å². The van der Waals surface area contributed by atoms with Crippen LogP contribution in [0, 0.1) is 13.8 Å². The molecule has 0 amide bonds. The standard InChI is InChI=1S/C16H13Cl2N3O2S.C7H3Cl3N2S/c1-8-13(17)12-14(20-16(18)21-15(12)24-8)19-7-9-2-3-10-11(6-9)23-5-4-22-10;1-2-4(8)3-5(9)11-7(10)12-6(3)13-2/h2-3,6H,4-5,7H2,1H3,(H,19,20,21);1H3. The smallest absolute Gasteiger partial charge is 0.225 e. The maximum atomic E-state index is 6.39. The van der Waals surface area contributed by atoms with Crippen molar-refractivity contribution in [3.8, 4) is 11.5 Å². The average Bonchev–Trinajstić information content (AvgIpc) is 3.31. The first-order valence-electron chi connectivity index (χ1n) is 10.7. The van der Waals surface area contributed by atoms with E-state index in [1.165, 1.54) is 22.7 Å². The summed E-state index contributed by atoms with van der Waals surface area (Å²) in [6.45, 7) is 5.56. The Labute approximate surface area is 244 Å². The Balaban J connectivity index is 0.000000182. The SMILES string of the molecule is Cc1sc2nc(Cl)nc(Cl)c2c1Cl.Cc1sc2nc(Cl)nc(NCc3ccc4c(c3)OCCO4)c2c1Cl. The van der Waals surface area contributed by atoms with E-state index in [4.69, 9.17) is 67.5 Å². The van der Waals surface area contributed by atoms with Gasteiger partial charge in [-0.15, -0.1) is 22.7 Å². The number of fused-ring (bicyclic) bond motifs is 3. The monoisotopic (exact) mass is 633 g/mol. The van der Waals surface area contributed by atoms with E-state index in [0.717, 1.165) is 41.9 Å². The maximum Gasteiger partial charge on any atom is 0.225 e. The first-order chi connectivity index (χ1) is 17.7. The van der Waals surface area contributed by atoms with Crippen molar-refractivity contribution < 1.29 is 9.47 Å². The van der Waals surface area contributed by atoms with Crippen LogP contribution in [-0.4, -0.2) is 33.1 Å². The van der Waals surface area contributed by atoms with Gasteiger partial charge in [-0.25, -0.2) is 19.9 Å². The molecule has 0 atom stereocenters. The van der Waals surface area contributed by atoms with Gasteiger partial charge in [-0.3, -0.25) is 0 Å². The van der Waals surface area contributed by atoms with Crippen molar-refractivity contribution in [1.82, 2.24) is 19.9 Å². The number of thiophene rings is 2. The lowest BCUT2D eigenvalue weighted by atomic mass is 10.2. The number of hydrogen-bond acceptors (Lipinski definition) is 9. The van der Waals surface area contributed by atoms with Crippen molar-refractivity contribution in [3.63, 3.8) is 0 Å². The minimum absolute atomic E-state index is 0.149. The molecule has 7 nitrogen and oxygen atoms in total. The Morgan fingerprint density at radius 3 is 2.08 bits per heavy atom. The van der Waals surface area contributed by atoms with Crippen molar-refractivity contribution in [2.75, 3.05) is 18.5 Å². The molecular weight excluding hydrogens is 620 g/mol. The highest BCUT2D eigenvalue weighted by molar-refractivity contribution is 7.19. The minimum Gasteiger partial charge on any atom is -0.486 e. The van der Waals surface area contributed by atoms with E-state index in [0.29, 0.717) is 46.2 Å². The molecule has 1 aromatic carbocycles. The van der Waals surface area contributed by atoms with Gasteiger partial charge in [-0.1, -0.05) is 40.9 Å². The first kappa shape index (κ1) is 26.7. The molecule has 0 saturated carbocycles. The number of nitrogens with zero attached hydrogens (tertiary/aromatic N) is 4. The van der Waals surface area contributed by atoms with E-state index < -0.39 is 0 Å². The second-order valence-electron chi connectivity index (χ2n) is 7.76. The topological polar surface area (TPSA) is 82.1 Å². The molecule has 0 aliphatic carbocycles. The van der Waals surface area contributed by atoms with E-state index in [2.05, 4.69) is 25.3 Å². The van der Waals surface area contributed by atoms with Gasteiger partial charge in [0.15, 0.2) is 11.5 Å². The number of halogens is 5. The highest BCUT2D eigenvalue weighted by atomic mass is 35.5. The van der Waals surface area contributed by atoms with Crippen LogP contribution in [0.5, 0.6) is 11.5 Å². The summed E-state index contributed by atoms with van der Waals surface area (Å²) < 4.78 is 11.1. The fourth-order valence-corrected chi connectivity index (χ4v) is 6.96. The van der Waals surface area contributed by atoms with Crippen molar-refractivity contribution in [2.24, 2.45) is 0 Å². The van der Waals surface area contributed by atoms with Crippen LogP contribution >= 0.6 is 80.7 Å². The van der Waals surface area contributed by atoms with Crippen LogP contribution in [0.25, 0.3) is 20.4 Å². The van der Waals surface area contributed by atoms with Crippen molar-refractivity contribution in [1.29, 1.82) is 0 Å². The predicted molar refractivity (Wildman–Crippen MR) is 154 cm³/mol. The number of anilines is 1.